The van der Waals surface area contributed by atoms with Gasteiger partial charge in [0.15, 0.2) is 0 Å². The van der Waals surface area contributed by atoms with Crippen LogP contribution in [0, 0.1) is 0 Å². The summed E-state index contributed by atoms with van der Waals surface area (Å²) in [6, 6.07) is 14.7. The standard InChI is InChI=1S/C18H22BrNO/c1-12(2)14-7-9-15(10-8-14)13(3)20-11-16-5-4-6-17(19)18(16)21/h4-10,12-13,20-21H,11H2,1-3H3. The second-order valence-corrected chi connectivity index (χ2v) is 6.53. The van der Waals surface area contributed by atoms with E-state index < -0.39 is 0 Å². The molecule has 1 unspecified atom stereocenters. The first-order valence-electron chi connectivity index (χ1n) is 7.28. The highest BCUT2D eigenvalue weighted by molar-refractivity contribution is 9.10. The van der Waals surface area contributed by atoms with Crippen molar-refractivity contribution in [3.8, 4) is 5.75 Å². The molecule has 0 aliphatic carbocycles. The lowest BCUT2D eigenvalue weighted by Crippen LogP contribution is -2.18. The zero-order valence-electron chi connectivity index (χ0n) is 12.7. The molecule has 0 spiro atoms. The van der Waals surface area contributed by atoms with Crippen LogP contribution in [-0.2, 0) is 6.54 Å². The molecular weight excluding hydrogens is 326 g/mol. The number of halogens is 1. The van der Waals surface area contributed by atoms with Crippen molar-refractivity contribution in [3.63, 3.8) is 0 Å². The van der Waals surface area contributed by atoms with Crippen molar-refractivity contribution in [3.05, 3.63) is 63.6 Å². The second-order valence-electron chi connectivity index (χ2n) is 5.67. The van der Waals surface area contributed by atoms with Gasteiger partial charge >= 0.3 is 0 Å². The Labute approximate surface area is 135 Å². The maximum absolute atomic E-state index is 9.99. The molecule has 0 fully saturated rings. The van der Waals surface area contributed by atoms with Gasteiger partial charge in [-0.2, -0.15) is 0 Å². The Bertz CT molecular complexity index is 593. The van der Waals surface area contributed by atoms with Crippen molar-refractivity contribution in [2.45, 2.75) is 39.3 Å². The van der Waals surface area contributed by atoms with Crippen LogP contribution in [0.5, 0.6) is 5.75 Å². The van der Waals surface area contributed by atoms with Crippen molar-refractivity contribution < 1.29 is 5.11 Å². The van der Waals surface area contributed by atoms with Crippen LogP contribution >= 0.6 is 15.9 Å². The van der Waals surface area contributed by atoms with E-state index in [1.54, 1.807) is 0 Å². The molecule has 1 atom stereocenters. The molecule has 0 saturated heterocycles. The molecule has 2 aromatic rings. The lowest BCUT2D eigenvalue weighted by molar-refractivity contribution is 0.457. The van der Waals surface area contributed by atoms with Gasteiger partial charge in [-0.25, -0.2) is 0 Å². The minimum Gasteiger partial charge on any atom is -0.506 e. The highest BCUT2D eigenvalue weighted by Gasteiger charge is 2.09. The van der Waals surface area contributed by atoms with E-state index in [1.807, 2.05) is 18.2 Å². The molecule has 0 aliphatic heterocycles. The summed E-state index contributed by atoms with van der Waals surface area (Å²) in [5.41, 5.74) is 3.51. The first-order valence-corrected chi connectivity index (χ1v) is 8.08. The fourth-order valence-corrected chi connectivity index (χ4v) is 2.66. The molecule has 0 amide bonds. The SMILES string of the molecule is CC(C)c1ccc(C(C)NCc2cccc(Br)c2O)cc1. The molecule has 2 aromatic carbocycles. The predicted octanol–water partition coefficient (Wildman–Crippen LogP) is 5.13. The van der Waals surface area contributed by atoms with Crippen molar-refractivity contribution in [1.82, 2.24) is 5.32 Å². The Morgan fingerprint density at radius 1 is 1.00 bits per heavy atom. The minimum atomic E-state index is 0.240. The molecule has 0 heterocycles. The molecule has 2 N–H and O–H groups in total. The number of phenolic OH excluding ortho intramolecular Hbond substituents is 1. The third-order valence-electron chi connectivity index (χ3n) is 3.77. The summed E-state index contributed by atoms with van der Waals surface area (Å²) >= 11 is 3.34. The average molecular weight is 348 g/mol. The Hall–Kier alpha value is -1.32. The van der Waals surface area contributed by atoms with Gasteiger partial charge in [0.1, 0.15) is 5.75 Å². The summed E-state index contributed by atoms with van der Waals surface area (Å²) in [5, 5.41) is 13.4. The van der Waals surface area contributed by atoms with Crippen LogP contribution in [0.1, 0.15) is 49.4 Å². The summed E-state index contributed by atoms with van der Waals surface area (Å²) in [4.78, 5) is 0. The van der Waals surface area contributed by atoms with Gasteiger partial charge in [0, 0.05) is 18.2 Å². The lowest BCUT2D eigenvalue weighted by Gasteiger charge is -2.16. The molecule has 2 rings (SSSR count). The van der Waals surface area contributed by atoms with E-state index in [4.69, 9.17) is 0 Å². The van der Waals surface area contributed by atoms with E-state index in [0.717, 1.165) is 10.0 Å². The fourth-order valence-electron chi connectivity index (χ4n) is 2.25. The van der Waals surface area contributed by atoms with Gasteiger partial charge in [-0.3, -0.25) is 0 Å². The maximum Gasteiger partial charge on any atom is 0.134 e. The Morgan fingerprint density at radius 3 is 2.24 bits per heavy atom. The smallest absolute Gasteiger partial charge is 0.134 e. The Kier molecular flexibility index (Phi) is 5.43. The molecule has 0 aromatic heterocycles. The number of hydrogen-bond donors (Lipinski definition) is 2. The summed E-state index contributed by atoms with van der Waals surface area (Å²) < 4.78 is 0.732. The molecule has 0 bridgehead atoms. The van der Waals surface area contributed by atoms with Crippen LogP contribution in [0.3, 0.4) is 0 Å². The van der Waals surface area contributed by atoms with Crippen LogP contribution in [0.25, 0.3) is 0 Å². The zero-order chi connectivity index (χ0) is 15.4. The highest BCUT2D eigenvalue weighted by Crippen LogP contribution is 2.28. The van der Waals surface area contributed by atoms with E-state index in [2.05, 4.69) is 66.3 Å². The normalized spacial score (nSPS) is 12.6. The summed E-state index contributed by atoms with van der Waals surface area (Å²) in [6.45, 7) is 7.18. The number of para-hydroxylation sites is 1. The van der Waals surface area contributed by atoms with Gasteiger partial charge in [-0.05, 0) is 46.0 Å². The van der Waals surface area contributed by atoms with Gasteiger partial charge in [0.2, 0.25) is 0 Å². The molecule has 112 valence electrons. The molecule has 0 saturated carbocycles. The molecular formula is C18H22BrNO. The van der Waals surface area contributed by atoms with Gasteiger partial charge < -0.3 is 10.4 Å². The van der Waals surface area contributed by atoms with Crippen LogP contribution in [0.15, 0.2) is 46.9 Å². The third kappa shape index (κ3) is 4.08. The van der Waals surface area contributed by atoms with E-state index in [1.165, 1.54) is 11.1 Å². The van der Waals surface area contributed by atoms with Gasteiger partial charge in [-0.15, -0.1) is 0 Å². The second kappa shape index (κ2) is 7.10. The van der Waals surface area contributed by atoms with E-state index in [9.17, 15) is 5.11 Å². The third-order valence-corrected chi connectivity index (χ3v) is 4.41. The van der Waals surface area contributed by atoms with Crippen LogP contribution in [-0.4, -0.2) is 5.11 Å². The summed E-state index contributed by atoms with van der Waals surface area (Å²) in [6.07, 6.45) is 0. The first-order chi connectivity index (χ1) is 9.99. The van der Waals surface area contributed by atoms with Gasteiger partial charge in [0.25, 0.3) is 0 Å². The molecule has 0 radical (unpaired) electrons. The van der Waals surface area contributed by atoms with Crippen molar-refractivity contribution in [1.29, 1.82) is 0 Å². The quantitative estimate of drug-likeness (QED) is 0.785. The topological polar surface area (TPSA) is 32.3 Å². The van der Waals surface area contributed by atoms with Gasteiger partial charge in [0.05, 0.1) is 4.47 Å². The maximum atomic E-state index is 9.99. The fraction of sp³-hybridized carbons (Fsp3) is 0.333. The lowest BCUT2D eigenvalue weighted by atomic mass is 9.99. The molecule has 3 heteroatoms. The minimum absolute atomic E-state index is 0.240. The van der Waals surface area contributed by atoms with E-state index in [-0.39, 0.29) is 6.04 Å². The highest BCUT2D eigenvalue weighted by atomic mass is 79.9. The number of benzene rings is 2. The van der Waals surface area contributed by atoms with Crippen molar-refractivity contribution in [2.75, 3.05) is 0 Å². The van der Waals surface area contributed by atoms with Crippen molar-refractivity contribution in [2.24, 2.45) is 0 Å². The molecule has 21 heavy (non-hydrogen) atoms. The number of rotatable bonds is 5. The van der Waals surface area contributed by atoms with E-state index >= 15 is 0 Å². The zero-order valence-corrected chi connectivity index (χ0v) is 14.3. The number of phenols is 1. The van der Waals surface area contributed by atoms with Crippen LogP contribution < -0.4 is 5.32 Å². The summed E-state index contributed by atoms with van der Waals surface area (Å²) in [5.74, 6) is 0.869. The predicted molar refractivity (Wildman–Crippen MR) is 91.6 cm³/mol. The average Bonchev–Trinajstić information content (AvgIpc) is 2.48. The van der Waals surface area contributed by atoms with Crippen molar-refractivity contribution >= 4 is 15.9 Å². The largest absolute Gasteiger partial charge is 0.506 e. The van der Waals surface area contributed by atoms with Crippen LogP contribution in [0.2, 0.25) is 0 Å². The Morgan fingerprint density at radius 2 is 1.62 bits per heavy atom. The number of aromatic hydroxyl groups is 1. The molecule has 2 nitrogen and oxygen atoms in total. The number of hydrogen-bond acceptors (Lipinski definition) is 2. The summed E-state index contributed by atoms with van der Waals surface area (Å²) in [7, 11) is 0. The van der Waals surface area contributed by atoms with Crippen LogP contribution in [0.4, 0.5) is 0 Å². The molecule has 0 aliphatic rings. The monoisotopic (exact) mass is 347 g/mol. The Balaban J connectivity index is 2.01. The first kappa shape index (κ1) is 16.1. The van der Waals surface area contributed by atoms with Gasteiger partial charge in [-0.1, -0.05) is 50.2 Å². The van der Waals surface area contributed by atoms with E-state index in [0.29, 0.717) is 18.2 Å². The number of nitrogens with one attached hydrogen (secondary N) is 1.